The zero-order valence-electron chi connectivity index (χ0n) is 14.9. The van der Waals surface area contributed by atoms with Crippen molar-refractivity contribution >= 4 is 35.3 Å². The number of halogens is 1. The second-order valence-corrected chi connectivity index (χ2v) is 7.39. The predicted molar refractivity (Wildman–Crippen MR) is 104 cm³/mol. The van der Waals surface area contributed by atoms with Crippen LogP contribution in [0.1, 0.15) is 24.1 Å². The van der Waals surface area contributed by atoms with Gasteiger partial charge >= 0.3 is 0 Å². The van der Waals surface area contributed by atoms with Crippen LogP contribution in [-0.2, 0) is 16.6 Å². The van der Waals surface area contributed by atoms with Crippen molar-refractivity contribution in [1.82, 2.24) is 20.2 Å². The van der Waals surface area contributed by atoms with Gasteiger partial charge in [-0.15, -0.1) is 11.3 Å². The summed E-state index contributed by atoms with van der Waals surface area (Å²) in [6.07, 6.45) is 10.2. The molecule has 0 unspecified atom stereocenters. The number of amides is 2. The number of hydrogen-bond acceptors (Lipinski definition) is 4. The summed E-state index contributed by atoms with van der Waals surface area (Å²) in [6, 6.07) is 1.68. The highest BCUT2D eigenvalue weighted by atomic mass is 32.1. The van der Waals surface area contributed by atoms with Crippen LogP contribution in [0.5, 0.6) is 0 Å². The van der Waals surface area contributed by atoms with Gasteiger partial charge in [-0.3, -0.25) is 9.59 Å². The maximum absolute atomic E-state index is 14.5. The van der Waals surface area contributed by atoms with Crippen molar-refractivity contribution in [2.45, 2.75) is 24.6 Å². The number of alkyl halides is 1. The minimum Gasteiger partial charge on any atom is -0.357 e. The van der Waals surface area contributed by atoms with Crippen LogP contribution in [0.25, 0.3) is 12.2 Å². The van der Waals surface area contributed by atoms with E-state index in [0.29, 0.717) is 5.69 Å². The summed E-state index contributed by atoms with van der Waals surface area (Å²) in [5, 5.41) is 7.14. The molecule has 2 amide bonds. The number of carbonyl (C=O) groups excluding carboxylic acids is 2. The molecule has 0 atom stereocenters. The molecule has 1 aliphatic rings. The van der Waals surface area contributed by atoms with Crippen molar-refractivity contribution in [2.24, 2.45) is 7.05 Å². The van der Waals surface area contributed by atoms with E-state index < -0.39 is 5.67 Å². The predicted octanol–water partition coefficient (Wildman–Crippen LogP) is 2.31. The fourth-order valence-corrected chi connectivity index (χ4v) is 3.41. The molecule has 1 saturated carbocycles. The molecule has 27 heavy (non-hydrogen) atoms. The molecule has 2 aromatic rings. The van der Waals surface area contributed by atoms with E-state index in [2.05, 4.69) is 15.6 Å². The van der Waals surface area contributed by atoms with E-state index in [9.17, 15) is 14.0 Å². The first-order chi connectivity index (χ1) is 12.9. The van der Waals surface area contributed by atoms with Crippen molar-refractivity contribution in [3.05, 3.63) is 52.8 Å². The van der Waals surface area contributed by atoms with Gasteiger partial charge in [-0.1, -0.05) is 0 Å². The summed E-state index contributed by atoms with van der Waals surface area (Å²) in [7, 11) is 1.90. The number of carbonyl (C=O) groups is 2. The molecule has 0 aromatic carbocycles. The summed E-state index contributed by atoms with van der Waals surface area (Å²) < 4.78 is 16.4. The van der Waals surface area contributed by atoms with E-state index >= 15 is 0 Å². The van der Waals surface area contributed by atoms with Crippen molar-refractivity contribution in [1.29, 1.82) is 0 Å². The van der Waals surface area contributed by atoms with Gasteiger partial charge in [0.1, 0.15) is 5.67 Å². The molecule has 0 aliphatic heterocycles. The van der Waals surface area contributed by atoms with Crippen molar-refractivity contribution in [3.63, 3.8) is 0 Å². The van der Waals surface area contributed by atoms with E-state index in [1.807, 2.05) is 35.5 Å². The van der Waals surface area contributed by atoms with E-state index in [4.69, 9.17) is 0 Å². The molecule has 142 valence electrons. The first-order valence-corrected chi connectivity index (χ1v) is 9.50. The Bertz CT molecular complexity index is 851. The Morgan fingerprint density at radius 3 is 2.81 bits per heavy atom. The van der Waals surface area contributed by atoms with Crippen molar-refractivity contribution in [3.8, 4) is 0 Å². The standard InChI is InChI=1S/C19H21FN4O2S/c1-24-7-6-14(10-24)2-4-18(26)23-16-8-19(20,9-16)12-21-17(25)5-3-15-11-27-13-22-15/h2-7,10-11,13,16H,8-9,12H2,1H3,(H,21,25)(H,23,26)/b4-2+,5-3+. The van der Waals surface area contributed by atoms with Gasteiger partial charge in [-0.05, 0) is 23.8 Å². The third-order valence-electron chi connectivity index (χ3n) is 4.29. The highest BCUT2D eigenvalue weighted by Gasteiger charge is 2.45. The average molecular weight is 388 g/mol. The lowest BCUT2D eigenvalue weighted by atomic mass is 9.77. The topological polar surface area (TPSA) is 76.0 Å². The highest BCUT2D eigenvalue weighted by Crippen LogP contribution is 2.35. The van der Waals surface area contributed by atoms with E-state index in [1.165, 1.54) is 23.5 Å². The molecule has 0 saturated heterocycles. The fraction of sp³-hybridized carbons (Fsp3) is 0.316. The van der Waals surface area contributed by atoms with Crippen LogP contribution in [0.15, 0.2) is 41.5 Å². The Morgan fingerprint density at radius 2 is 2.15 bits per heavy atom. The van der Waals surface area contributed by atoms with Gasteiger partial charge < -0.3 is 15.2 Å². The van der Waals surface area contributed by atoms with Crippen LogP contribution < -0.4 is 10.6 Å². The van der Waals surface area contributed by atoms with Crippen molar-refractivity contribution < 1.29 is 14.0 Å². The Labute approximate surface area is 160 Å². The number of nitrogens with one attached hydrogen (secondary N) is 2. The molecule has 1 aliphatic carbocycles. The molecule has 2 aromatic heterocycles. The molecule has 8 heteroatoms. The molecule has 3 rings (SSSR count). The number of thiazole rings is 1. The molecule has 2 heterocycles. The van der Waals surface area contributed by atoms with Gasteiger partial charge in [0.05, 0.1) is 17.7 Å². The van der Waals surface area contributed by atoms with Crippen LogP contribution in [0.2, 0.25) is 0 Å². The zero-order chi connectivity index (χ0) is 19.3. The second kappa shape index (κ2) is 8.30. The molecule has 2 N–H and O–H groups in total. The molecular weight excluding hydrogens is 367 g/mol. The Balaban J connectivity index is 1.37. The molecule has 0 spiro atoms. The van der Waals surface area contributed by atoms with E-state index in [0.717, 1.165) is 5.56 Å². The normalized spacial score (nSPS) is 22.1. The number of nitrogens with zero attached hydrogens (tertiary/aromatic N) is 2. The minimum absolute atomic E-state index is 0.0700. The van der Waals surface area contributed by atoms with E-state index in [-0.39, 0.29) is 37.2 Å². The quantitative estimate of drug-likeness (QED) is 0.715. The maximum atomic E-state index is 14.5. The van der Waals surface area contributed by atoms with Crippen LogP contribution in [0.3, 0.4) is 0 Å². The number of rotatable bonds is 7. The van der Waals surface area contributed by atoms with E-state index in [1.54, 1.807) is 17.7 Å². The van der Waals surface area contributed by atoms with Crippen LogP contribution >= 0.6 is 11.3 Å². The van der Waals surface area contributed by atoms with Gasteiger partial charge in [0.2, 0.25) is 11.8 Å². The number of aryl methyl sites for hydroxylation is 1. The zero-order valence-corrected chi connectivity index (χ0v) is 15.7. The van der Waals surface area contributed by atoms with Gasteiger partial charge in [-0.25, -0.2) is 9.37 Å². The third kappa shape index (κ3) is 5.62. The summed E-state index contributed by atoms with van der Waals surface area (Å²) in [5.41, 5.74) is 1.81. The lowest BCUT2D eigenvalue weighted by molar-refractivity contribution is -0.121. The monoisotopic (exact) mass is 388 g/mol. The summed E-state index contributed by atoms with van der Waals surface area (Å²) in [4.78, 5) is 27.7. The largest absolute Gasteiger partial charge is 0.357 e. The summed E-state index contributed by atoms with van der Waals surface area (Å²) >= 11 is 1.44. The first kappa shape index (κ1) is 19.0. The number of aromatic nitrogens is 2. The third-order valence-corrected chi connectivity index (χ3v) is 4.89. The molecule has 6 nitrogen and oxygen atoms in total. The second-order valence-electron chi connectivity index (χ2n) is 6.67. The van der Waals surface area contributed by atoms with Gasteiger partial charge in [0.15, 0.2) is 0 Å². The fourth-order valence-electron chi connectivity index (χ4n) is 2.88. The highest BCUT2D eigenvalue weighted by molar-refractivity contribution is 7.07. The molecular formula is C19H21FN4O2S. The molecule has 1 fully saturated rings. The summed E-state index contributed by atoms with van der Waals surface area (Å²) in [5.74, 6) is -0.612. The maximum Gasteiger partial charge on any atom is 0.244 e. The Kier molecular flexibility index (Phi) is 5.85. The van der Waals surface area contributed by atoms with Gasteiger partial charge in [0, 0.05) is 55.9 Å². The Hall–Kier alpha value is -2.74. The lowest BCUT2D eigenvalue weighted by Gasteiger charge is -2.41. The number of hydrogen-bond donors (Lipinski definition) is 2. The van der Waals surface area contributed by atoms with Crippen molar-refractivity contribution in [2.75, 3.05) is 6.54 Å². The van der Waals surface area contributed by atoms with Crippen LogP contribution in [0, 0.1) is 0 Å². The minimum atomic E-state index is -1.48. The molecule has 0 bridgehead atoms. The van der Waals surface area contributed by atoms with Crippen LogP contribution in [0.4, 0.5) is 4.39 Å². The molecule has 0 radical (unpaired) electrons. The smallest absolute Gasteiger partial charge is 0.244 e. The summed E-state index contributed by atoms with van der Waals surface area (Å²) in [6.45, 7) is -0.0700. The lowest BCUT2D eigenvalue weighted by Crippen LogP contribution is -2.57. The van der Waals surface area contributed by atoms with Gasteiger partial charge in [0.25, 0.3) is 0 Å². The SMILES string of the molecule is Cn1ccc(/C=C/C(=O)NC2CC(F)(CNC(=O)/C=C/c3cscn3)C2)c1. The van der Waals surface area contributed by atoms with Gasteiger partial charge in [-0.2, -0.15) is 0 Å². The first-order valence-electron chi connectivity index (χ1n) is 8.55. The average Bonchev–Trinajstić information content (AvgIpc) is 3.26. The Morgan fingerprint density at radius 1 is 1.37 bits per heavy atom. The van der Waals surface area contributed by atoms with Crippen LogP contribution in [-0.4, -0.2) is 39.6 Å².